The quantitative estimate of drug-likeness (QED) is 0.298. The van der Waals surface area contributed by atoms with Gasteiger partial charge in [-0.05, 0) is 36.8 Å². The summed E-state index contributed by atoms with van der Waals surface area (Å²) in [6.45, 7) is 1.66. The predicted molar refractivity (Wildman–Crippen MR) is 140 cm³/mol. The number of alkyl halides is 7. The van der Waals surface area contributed by atoms with E-state index >= 15 is 4.39 Å². The van der Waals surface area contributed by atoms with Gasteiger partial charge in [0.2, 0.25) is 5.88 Å². The number of hydrogen-bond donors (Lipinski definition) is 2. The van der Waals surface area contributed by atoms with E-state index in [1.165, 1.54) is 31.5 Å². The number of nitrogens with two attached hydrogens (primary N) is 1. The molecule has 4 aromatic rings. The van der Waals surface area contributed by atoms with Crippen LogP contribution in [0.1, 0.15) is 40.0 Å². The van der Waals surface area contributed by atoms with Gasteiger partial charge in [0.1, 0.15) is 23.6 Å². The first-order valence-electron chi connectivity index (χ1n) is 12.8. The summed E-state index contributed by atoms with van der Waals surface area (Å²) in [5.41, 5.74) is 3.69. The number of fused-ring (bicyclic) bond motifs is 1. The third-order valence-electron chi connectivity index (χ3n) is 7.33. The van der Waals surface area contributed by atoms with Crippen LogP contribution in [0, 0.1) is 0 Å². The second-order valence-corrected chi connectivity index (χ2v) is 9.97. The number of likely N-dealkylation sites (tertiary alicyclic amines) is 1. The average Bonchev–Trinajstić information content (AvgIpc) is 3.53. The lowest BCUT2D eigenvalue weighted by molar-refractivity contribution is -0.138. The number of rotatable bonds is 6. The first kappa shape index (κ1) is 30.0. The van der Waals surface area contributed by atoms with Crippen molar-refractivity contribution in [3.05, 3.63) is 71.2 Å². The smallest absolute Gasteiger partial charge is 0.418 e. The standard InChI is InChI=1S/C27H24F7N7O2/c1-13(14-3-5-16(6-4-14)26(29,30)31)40-10-19(28)20(11-40)39-24(42)17-7-15(9-36-25(17)43-2)21-8-18(27(32,33)34)22-23(35)37-12-38-41(21)22/h3-9,12-13,19-20H,10-11H2,1-2H3,(H,39,42)(H2,35,37,38)/t13?,19-,20+/m0/s1. The van der Waals surface area contributed by atoms with Gasteiger partial charge in [0, 0.05) is 30.9 Å². The molecule has 16 heteroatoms. The highest BCUT2D eigenvalue weighted by molar-refractivity contribution is 5.98. The largest absolute Gasteiger partial charge is 0.480 e. The number of carbonyl (C=O) groups excluding carboxylic acids is 1. The predicted octanol–water partition coefficient (Wildman–Crippen LogP) is 4.93. The van der Waals surface area contributed by atoms with Gasteiger partial charge in [-0.2, -0.15) is 31.4 Å². The number of nitrogens with one attached hydrogen (secondary N) is 1. The van der Waals surface area contributed by atoms with E-state index in [2.05, 4.69) is 20.4 Å². The van der Waals surface area contributed by atoms with Crippen molar-refractivity contribution in [3.8, 4) is 17.1 Å². The minimum atomic E-state index is -4.79. The molecule has 228 valence electrons. The summed E-state index contributed by atoms with van der Waals surface area (Å²) in [5, 5.41) is 6.47. The Kier molecular flexibility index (Phi) is 7.66. The van der Waals surface area contributed by atoms with Crippen molar-refractivity contribution in [3.63, 3.8) is 0 Å². The fourth-order valence-corrected chi connectivity index (χ4v) is 5.06. The lowest BCUT2D eigenvalue weighted by Gasteiger charge is -2.25. The summed E-state index contributed by atoms with van der Waals surface area (Å²) >= 11 is 0. The molecule has 1 saturated heterocycles. The molecular formula is C27H24F7N7O2. The van der Waals surface area contributed by atoms with Gasteiger partial charge < -0.3 is 15.8 Å². The highest BCUT2D eigenvalue weighted by atomic mass is 19.4. The summed E-state index contributed by atoms with van der Waals surface area (Å²) in [6.07, 6.45) is -8.62. The molecule has 1 aromatic carbocycles. The Morgan fingerprint density at radius 2 is 1.77 bits per heavy atom. The van der Waals surface area contributed by atoms with Crippen LogP contribution in [0.4, 0.5) is 36.6 Å². The van der Waals surface area contributed by atoms with Crippen molar-refractivity contribution in [2.45, 2.75) is 37.5 Å². The molecule has 1 aliphatic rings. The molecule has 0 spiro atoms. The highest BCUT2D eigenvalue weighted by Crippen LogP contribution is 2.39. The zero-order chi connectivity index (χ0) is 31.3. The zero-order valence-corrected chi connectivity index (χ0v) is 22.5. The van der Waals surface area contributed by atoms with Crippen molar-refractivity contribution >= 4 is 17.2 Å². The summed E-state index contributed by atoms with van der Waals surface area (Å²) in [5.74, 6) is -1.36. The van der Waals surface area contributed by atoms with E-state index in [4.69, 9.17) is 10.5 Å². The van der Waals surface area contributed by atoms with Gasteiger partial charge >= 0.3 is 12.4 Å². The van der Waals surface area contributed by atoms with Crippen LogP contribution >= 0.6 is 0 Å². The summed E-state index contributed by atoms with van der Waals surface area (Å²) in [4.78, 5) is 22.7. The maximum atomic E-state index is 15.1. The van der Waals surface area contributed by atoms with Gasteiger partial charge in [0.05, 0.1) is 30.0 Å². The van der Waals surface area contributed by atoms with Gasteiger partial charge in [-0.3, -0.25) is 9.69 Å². The first-order valence-corrected chi connectivity index (χ1v) is 12.8. The molecule has 3 aromatic heterocycles. The number of nitrogens with zero attached hydrogens (tertiary/aromatic N) is 5. The zero-order valence-electron chi connectivity index (χ0n) is 22.5. The second kappa shape index (κ2) is 11.0. The van der Waals surface area contributed by atoms with E-state index in [0.717, 1.165) is 29.0 Å². The van der Waals surface area contributed by atoms with E-state index in [1.807, 2.05) is 0 Å². The lowest BCUT2D eigenvalue weighted by Crippen LogP contribution is -2.41. The van der Waals surface area contributed by atoms with Gasteiger partial charge in [-0.25, -0.2) is 18.9 Å². The topological polar surface area (TPSA) is 111 Å². The molecule has 1 amide bonds. The number of amides is 1. The van der Waals surface area contributed by atoms with Crippen LogP contribution in [0.25, 0.3) is 16.8 Å². The van der Waals surface area contributed by atoms with Crippen molar-refractivity contribution in [2.75, 3.05) is 25.9 Å². The van der Waals surface area contributed by atoms with Crippen molar-refractivity contribution in [1.29, 1.82) is 0 Å². The Hall–Kier alpha value is -4.47. The fourth-order valence-electron chi connectivity index (χ4n) is 5.06. The molecule has 0 aliphatic carbocycles. The summed E-state index contributed by atoms with van der Waals surface area (Å²) in [7, 11) is 1.24. The fraction of sp³-hybridized carbons (Fsp3) is 0.333. The number of anilines is 1. The highest BCUT2D eigenvalue weighted by Gasteiger charge is 2.39. The molecule has 4 heterocycles. The number of aromatic nitrogens is 4. The van der Waals surface area contributed by atoms with Crippen LogP contribution in [0.15, 0.2) is 48.9 Å². The third kappa shape index (κ3) is 5.78. The SMILES string of the molecule is COc1ncc(-c2cc(C(F)(F)F)c3c(N)ncnn23)cc1C(=O)N[C@@H]1CN(C(C)c2ccc(C(F)(F)F)cc2)C[C@@H]1F. The van der Waals surface area contributed by atoms with E-state index in [0.29, 0.717) is 5.56 Å². The average molecular weight is 612 g/mol. The van der Waals surface area contributed by atoms with Crippen LogP contribution in [-0.4, -0.2) is 62.8 Å². The van der Waals surface area contributed by atoms with Crippen LogP contribution in [0.3, 0.4) is 0 Å². The van der Waals surface area contributed by atoms with Crippen molar-refractivity contribution < 1.29 is 40.3 Å². The first-order chi connectivity index (χ1) is 20.2. The van der Waals surface area contributed by atoms with Crippen LogP contribution in [0.2, 0.25) is 0 Å². The number of ether oxygens (including phenoxy) is 1. The lowest BCUT2D eigenvalue weighted by atomic mass is 10.0. The summed E-state index contributed by atoms with van der Waals surface area (Å²) in [6, 6.07) is 5.13. The molecule has 1 aliphatic heterocycles. The Morgan fingerprint density at radius 1 is 1.07 bits per heavy atom. The van der Waals surface area contributed by atoms with Crippen molar-refractivity contribution in [2.24, 2.45) is 0 Å². The maximum Gasteiger partial charge on any atom is 0.418 e. The van der Waals surface area contributed by atoms with Crippen LogP contribution < -0.4 is 15.8 Å². The van der Waals surface area contributed by atoms with E-state index in [9.17, 15) is 31.1 Å². The molecule has 43 heavy (non-hydrogen) atoms. The van der Waals surface area contributed by atoms with Crippen LogP contribution in [-0.2, 0) is 12.4 Å². The molecule has 5 rings (SSSR count). The molecule has 1 fully saturated rings. The van der Waals surface area contributed by atoms with Crippen molar-refractivity contribution in [1.82, 2.24) is 29.8 Å². The molecular weight excluding hydrogens is 587 g/mol. The number of carbonyl (C=O) groups is 1. The number of pyridine rings is 1. The number of methoxy groups -OCH3 is 1. The number of halogens is 7. The molecule has 3 atom stereocenters. The third-order valence-corrected chi connectivity index (χ3v) is 7.33. The molecule has 1 unspecified atom stereocenters. The van der Waals surface area contributed by atoms with Gasteiger partial charge in [0.25, 0.3) is 5.91 Å². The van der Waals surface area contributed by atoms with E-state index in [1.54, 1.807) is 11.8 Å². The minimum absolute atomic E-state index is 0.0407. The molecule has 0 radical (unpaired) electrons. The van der Waals surface area contributed by atoms with E-state index in [-0.39, 0.29) is 35.8 Å². The molecule has 0 saturated carbocycles. The normalized spacial score (nSPS) is 18.6. The Morgan fingerprint density at radius 3 is 2.40 bits per heavy atom. The van der Waals surface area contributed by atoms with Gasteiger partial charge in [-0.1, -0.05) is 12.1 Å². The molecule has 9 nitrogen and oxygen atoms in total. The number of benzene rings is 1. The minimum Gasteiger partial charge on any atom is -0.480 e. The van der Waals surface area contributed by atoms with Gasteiger partial charge in [-0.15, -0.1) is 0 Å². The summed E-state index contributed by atoms with van der Waals surface area (Å²) < 4.78 is 101. The molecule has 0 bridgehead atoms. The second-order valence-electron chi connectivity index (χ2n) is 9.97. The van der Waals surface area contributed by atoms with E-state index < -0.39 is 59.0 Å². The Bertz CT molecular complexity index is 1650. The Balaban J connectivity index is 1.39. The number of nitrogen functional groups attached to an aromatic ring is 1. The van der Waals surface area contributed by atoms with Crippen LogP contribution in [0.5, 0.6) is 5.88 Å². The van der Waals surface area contributed by atoms with Gasteiger partial charge in [0.15, 0.2) is 5.82 Å². The number of hydrogen-bond acceptors (Lipinski definition) is 7. The molecule has 3 N–H and O–H groups in total. The Labute approximate surface area is 239 Å². The monoisotopic (exact) mass is 611 g/mol. The maximum absolute atomic E-state index is 15.1.